The summed E-state index contributed by atoms with van der Waals surface area (Å²) in [4.78, 5) is 15.4. The zero-order valence-corrected chi connectivity index (χ0v) is 18.1. The van der Waals surface area contributed by atoms with Crippen LogP contribution in [0.2, 0.25) is 10.0 Å². The number of benzene rings is 1. The molecule has 1 aromatic carbocycles. The minimum atomic E-state index is -3.16. The zero-order chi connectivity index (χ0) is 20.1. The predicted molar refractivity (Wildman–Crippen MR) is 112 cm³/mol. The second-order valence-electron chi connectivity index (χ2n) is 6.89. The van der Waals surface area contributed by atoms with Crippen LogP contribution in [0, 0.1) is 6.92 Å². The van der Waals surface area contributed by atoms with Crippen LogP contribution >= 0.6 is 34.5 Å². The van der Waals surface area contributed by atoms with Crippen molar-refractivity contribution in [3.8, 4) is 0 Å². The smallest absolute Gasteiger partial charge is 0.266 e. The summed E-state index contributed by atoms with van der Waals surface area (Å²) < 4.78 is 30.5. The summed E-state index contributed by atoms with van der Waals surface area (Å²) in [6.45, 7) is 2.01. The van der Waals surface area contributed by atoms with E-state index >= 15 is 0 Å². The number of thiophene rings is 1. The number of aryl methyl sites for hydroxylation is 1. The zero-order valence-electron chi connectivity index (χ0n) is 14.9. The van der Waals surface area contributed by atoms with E-state index in [1.807, 2.05) is 19.1 Å². The molecule has 1 aliphatic heterocycles. The molecule has 2 aromatic heterocycles. The van der Waals surface area contributed by atoms with Crippen LogP contribution in [-0.4, -0.2) is 36.8 Å². The first-order chi connectivity index (χ1) is 13.2. The van der Waals surface area contributed by atoms with E-state index in [0.717, 1.165) is 15.8 Å². The van der Waals surface area contributed by atoms with Gasteiger partial charge in [-0.1, -0.05) is 23.2 Å². The van der Waals surface area contributed by atoms with Crippen LogP contribution in [0.5, 0.6) is 0 Å². The van der Waals surface area contributed by atoms with E-state index in [9.17, 15) is 13.2 Å². The summed E-state index contributed by atoms with van der Waals surface area (Å²) in [6.07, 6.45) is 0.405. The molecular formula is C19H17Cl2NO4S2. The number of rotatable bonds is 4. The second-order valence-corrected chi connectivity index (χ2v) is 11.0. The van der Waals surface area contributed by atoms with Crippen LogP contribution in [0.4, 0.5) is 0 Å². The van der Waals surface area contributed by atoms with Gasteiger partial charge in [0, 0.05) is 21.2 Å². The molecule has 0 unspecified atom stereocenters. The van der Waals surface area contributed by atoms with Crippen LogP contribution in [0.25, 0.3) is 10.1 Å². The van der Waals surface area contributed by atoms with E-state index in [1.165, 1.54) is 11.3 Å². The first kappa shape index (κ1) is 19.8. The van der Waals surface area contributed by atoms with Crippen molar-refractivity contribution in [2.45, 2.75) is 25.9 Å². The lowest BCUT2D eigenvalue weighted by Crippen LogP contribution is -2.40. The molecule has 0 spiro atoms. The number of fused-ring (bicyclic) bond motifs is 1. The lowest BCUT2D eigenvalue weighted by Gasteiger charge is -2.27. The fourth-order valence-corrected chi connectivity index (χ4v) is 6.78. The van der Waals surface area contributed by atoms with Gasteiger partial charge in [0.2, 0.25) is 0 Å². The minimum absolute atomic E-state index is 0.0488. The van der Waals surface area contributed by atoms with Crippen LogP contribution in [0.15, 0.2) is 34.7 Å². The number of nitrogens with zero attached hydrogens (tertiary/aromatic N) is 1. The van der Waals surface area contributed by atoms with Gasteiger partial charge in [0.1, 0.15) is 16.4 Å². The summed E-state index contributed by atoms with van der Waals surface area (Å²) in [7, 11) is -3.16. The van der Waals surface area contributed by atoms with Gasteiger partial charge in [0.05, 0.1) is 23.1 Å². The normalized spacial score (nSPS) is 18.6. The number of hydrogen-bond acceptors (Lipinski definition) is 5. The molecule has 3 heterocycles. The lowest BCUT2D eigenvalue weighted by molar-refractivity contribution is 0.0671. The van der Waals surface area contributed by atoms with Gasteiger partial charge in [-0.05, 0) is 43.7 Å². The van der Waals surface area contributed by atoms with Gasteiger partial charge in [-0.15, -0.1) is 11.3 Å². The molecule has 148 valence electrons. The highest BCUT2D eigenvalue weighted by Crippen LogP contribution is 2.38. The predicted octanol–water partition coefficient (Wildman–Crippen LogP) is 4.94. The molecule has 28 heavy (non-hydrogen) atoms. The van der Waals surface area contributed by atoms with Crippen LogP contribution in [-0.2, 0) is 16.4 Å². The third-order valence-corrected chi connectivity index (χ3v) is 8.46. The van der Waals surface area contributed by atoms with Crippen molar-refractivity contribution in [3.05, 3.63) is 56.8 Å². The van der Waals surface area contributed by atoms with Crippen molar-refractivity contribution < 1.29 is 17.6 Å². The molecule has 4 rings (SSSR count). The van der Waals surface area contributed by atoms with Crippen molar-refractivity contribution in [3.63, 3.8) is 0 Å². The maximum atomic E-state index is 13.4. The van der Waals surface area contributed by atoms with Crippen LogP contribution < -0.4 is 0 Å². The van der Waals surface area contributed by atoms with Gasteiger partial charge in [-0.3, -0.25) is 4.79 Å². The largest absolute Gasteiger partial charge is 0.464 e. The van der Waals surface area contributed by atoms with E-state index in [4.69, 9.17) is 27.6 Å². The van der Waals surface area contributed by atoms with E-state index in [0.29, 0.717) is 27.1 Å². The van der Waals surface area contributed by atoms with E-state index < -0.39 is 15.9 Å². The van der Waals surface area contributed by atoms with Crippen molar-refractivity contribution in [2.24, 2.45) is 0 Å². The number of hydrogen-bond donors (Lipinski definition) is 0. The highest BCUT2D eigenvalue weighted by Gasteiger charge is 2.36. The number of halogens is 2. The SMILES string of the molecule is Cc1ccc(CN(C(=O)c2sc3ccc(Cl)cc3c2Cl)[C@@H]2CCS(=O)(=O)C2)o1. The van der Waals surface area contributed by atoms with Crippen molar-refractivity contribution in [1.82, 2.24) is 4.90 Å². The third kappa shape index (κ3) is 3.81. The van der Waals surface area contributed by atoms with Crippen LogP contribution in [0.3, 0.4) is 0 Å². The Morgan fingerprint density at radius 3 is 2.71 bits per heavy atom. The molecule has 1 amide bonds. The van der Waals surface area contributed by atoms with E-state index in [2.05, 4.69) is 0 Å². The van der Waals surface area contributed by atoms with Gasteiger partial charge in [0.25, 0.3) is 5.91 Å². The molecule has 5 nitrogen and oxygen atoms in total. The molecule has 0 aliphatic carbocycles. The van der Waals surface area contributed by atoms with Gasteiger partial charge in [-0.2, -0.15) is 0 Å². The Labute approximate surface area is 176 Å². The standard InChI is InChI=1S/C19H17Cl2NO4S2/c1-11-2-4-14(26-11)9-22(13-6-7-28(24,25)10-13)19(23)18-17(21)15-8-12(20)3-5-16(15)27-18/h2-5,8,13H,6-7,9-10H2,1H3/t13-/m1/s1. The number of amides is 1. The van der Waals surface area contributed by atoms with Gasteiger partial charge in [0.15, 0.2) is 9.84 Å². The van der Waals surface area contributed by atoms with Gasteiger partial charge in [-0.25, -0.2) is 8.42 Å². The Balaban J connectivity index is 1.73. The fraction of sp³-hybridized carbons (Fsp3) is 0.316. The maximum Gasteiger partial charge on any atom is 0.266 e. The first-order valence-corrected chi connectivity index (χ1v) is 12.1. The summed E-state index contributed by atoms with van der Waals surface area (Å²) >= 11 is 13.8. The Kier molecular flexibility index (Phi) is 5.20. The van der Waals surface area contributed by atoms with E-state index in [1.54, 1.807) is 23.1 Å². The number of carbonyl (C=O) groups excluding carboxylic acids is 1. The van der Waals surface area contributed by atoms with Crippen molar-refractivity contribution in [2.75, 3.05) is 11.5 Å². The second kappa shape index (κ2) is 7.37. The number of furan rings is 1. The summed E-state index contributed by atoms with van der Waals surface area (Å²) in [5.74, 6) is 1.08. The third-order valence-electron chi connectivity index (χ3n) is 4.82. The average molecular weight is 458 g/mol. The molecule has 0 saturated carbocycles. The molecule has 1 saturated heterocycles. The van der Waals surface area contributed by atoms with E-state index in [-0.39, 0.29) is 24.0 Å². The molecular weight excluding hydrogens is 441 g/mol. The minimum Gasteiger partial charge on any atom is -0.464 e. The molecule has 1 aliphatic rings. The molecule has 0 N–H and O–H groups in total. The topological polar surface area (TPSA) is 67.6 Å². The summed E-state index contributed by atoms with van der Waals surface area (Å²) in [6, 6.07) is 8.51. The molecule has 3 aromatic rings. The summed E-state index contributed by atoms with van der Waals surface area (Å²) in [5.41, 5.74) is 0. The number of sulfone groups is 1. The summed E-state index contributed by atoms with van der Waals surface area (Å²) in [5, 5.41) is 1.60. The van der Waals surface area contributed by atoms with Crippen molar-refractivity contribution in [1.29, 1.82) is 0 Å². The molecule has 1 atom stereocenters. The maximum absolute atomic E-state index is 13.4. The molecule has 1 fully saturated rings. The lowest BCUT2D eigenvalue weighted by atomic mass is 10.2. The Morgan fingerprint density at radius 2 is 2.07 bits per heavy atom. The highest BCUT2D eigenvalue weighted by atomic mass is 35.5. The quantitative estimate of drug-likeness (QED) is 0.556. The molecule has 0 radical (unpaired) electrons. The van der Waals surface area contributed by atoms with Gasteiger partial charge < -0.3 is 9.32 Å². The monoisotopic (exact) mass is 457 g/mol. The molecule has 9 heteroatoms. The van der Waals surface area contributed by atoms with Crippen LogP contribution in [0.1, 0.15) is 27.6 Å². The highest BCUT2D eigenvalue weighted by molar-refractivity contribution is 7.91. The Hall–Kier alpha value is -1.54. The fourth-order valence-electron chi connectivity index (χ4n) is 3.43. The number of carbonyl (C=O) groups is 1. The average Bonchev–Trinajstić information content (AvgIpc) is 3.30. The molecule has 0 bridgehead atoms. The Morgan fingerprint density at radius 1 is 1.29 bits per heavy atom. The Bertz CT molecular complexity index is 1170. The first-order valence-electron chi connectivity index (χ1n) is 8.68. The van der Waals surface area contributed by atoms with Gasteiger partial charge >= 0.3 is 0 Å². The van der Waals surface area contributed by atoms with Crippen molar-refractivity contribution >= 4 is 60.4 Å².